The van der Waals surface area contributed by atoms with E-state index in [1.807, 2.05) is 0 Å². The largest absolute Gasteiger partial charge is 0.374 e. The number of aromatic nitrogens is 2. The molecule has 3 rings (SSSR count). The lowest BCUT2D eigenvalue weighted by Gasteiger charge is -2.24. The molecule has 0 unspecified atom stereocenters. The van der Waals surface area contributed by atoms with Gasteiger partial charge in [-0.25, -0.2) is 9.37 Å². The highest BCUT2D eigenvalue weighted by molar-refractivity contribution is 5.77. The second-order valence-electron chi connectivity index (χ2n) is 4.56. The molecule has 1 aromatic heterocycles. The van der Waals surface area contributed by atoms with Gasteiger partial charge in [-0.05, 0) is 18.2 Å². The SMILES string of the molecule is O=c1c2cc(F)ccc2ncn1C[C@H]1CNCCO1. The lowest BCUT2D eigenvalue weighted by atomic mass is 10.2. The Kier molecular flexibility index (Phi) is 3.27. The molecule has 5 nitrogen and oxygen atoms in total. The van der Waals surface area contributed by atoms with E-state index in [4.69, 9.17) is 4.74 Å². The average Bonchev–Trinajstić information content (AvgIpc) is 2.44. The number of ether oxygens (including phenoxy) is 1. The van der Waals surface area contributed by atoms with Gasteiger partial charge in [0, 0.05) is 13.1 Å². The van der Waals surface area contributed by atoms with E-state index in [-0.39, 0.29) is 11.7 Å². The number of benzene rings is 1. The van der Waals surface area contributed by atoms with E-state index >= 15 is 0 Å². The lowest BCUT2D eigenvalue weighted by Crippen LogP contribution is -2.42. The molecule has 0 radical (unpaired) electrons. The van der Waals surface area contributed by atoms with Crippen LogP contribution >= 0.6 is 0 Å². The molecule has 1 aromatic carbocycles. The molecule has 19 heavy (non-hydrogen) atoms. The summed E-state index contributed by atoms with van der Waals surface area (Å²) in [4.78, 5) is 16.4. The Morgan fingerprint density at radius 1 is 1.53 bits per heavy atom. The summed E-state index contributed by atoms with van der Waals surface area (Å²) in [6, 6.07) is 4.03. The van der Waals surface area contributed by atoms with Crippen LogP contribution in [0.1, 0.15) is 0 Å². The van der Waals surface area contributed by atoms with Crippen LogP contribution in [0.4, 0.5) is 4.39 Å². The van der Waals surface area contributed by atoms with Crippen molar-refractivity contribution in [2.24, 2.45) is 0 Å². The molecule has 2 heterocycles. The molecule has 0 spiro atoms. The van der Waals surface area contributed by atoms with E-state index in [1.165, 1.54) is 29.1 Å². The quantitative estimate of drug-likeness (QED) is 0.858. The van der Waals surface area contributed by atoms with Crippen molar-refractivity contribution >= 4 is 10.9 Å². The molecule has 0 amide bonds. The fourth-order valence-corrected chi connectivity index (χ4v) is 2.22. The molecule has 1 aliphatic rings. The second kappa shape index (κ2) is 5.07. The Morgan fingerprint density at radius 2 is 2.42 bits per heavy atom. The van der Waals surface area contributed by atoms with E-state index in [0.29, 0.717) is 30.6 Å². The van der Waals surface area contributed by atoms with Gasteiger partial charge < -0.3 is 10.1 Å². The zero-order valence-electron chi connectivity index (χ0n) is 10.3. The highest BCUT2D eigenvalue weighted by Crippen LogP contribution is 2.09. The van der Waals surface area contributed by atoms with Gasteiger partial charge in [0.2, 0.25) is 0 Å². The molecule has 1 N–H and O–H groups in total. The number of nitrogens with zero attached hydrogens (tertiary/aromatic N) is 2. The number of nitrogens with one attached hydrogen (secondary N) is 1. The Morgan fingerprint density at radius 3 is 3.21 bits per heavy atom. The first-order chi connectivity index (χ1) is 9.24. The van der Waals surface area contributed by atoms with Gasteiger partial charge in [0.15, 0.2) is 0 Å². The molecular formula is C13H14FN3O2. The van der Waals surface area contributed by atoms with Crippen LogP contribution in [0.3, 0.4) is 0 Å². The molecule has 0 saturated carbocycles. The van der Waals surface area contributed by atoms with Crippen molar-refractivity contribution in [3.63, 3.8) is 0 Å². The summed E-state index contributed by atoms with van der Waals surface area (Å²) in [6.07, 6.45) is 1.43. The predicted octanol–water partition coefficient (Wildman–Crippen LogP) is 0.524. The van der Waals surface area contributed by atoms with Gasteiger partial charge in [0.05, 0.1) is 36.5 Å². The highest BCUT2D eigenvalue weighted by Gasteiger charge is 2.15. The maximum absolute atomic E-state index is 13.2. The molecule has 1 fully saturated rings. The maximum atomic E-state index is 13.2. The van der Waals surface area contributed by atoms with Gasteiger partial charge >= 0.3 is 0 Å². The minimum absolute atomic E-state index is 0.0562. The van der Waals surface area contributed by atoms with E-state index < -0.39 is 5.82 Å². The summed E-state index contributed by atoms with van der Waals surface area (Å²) in [6.45, 7) is 2.58. The van der Waals surface area contributed by atoms with Crippen LogP contribution in [0.25, 0.3) is 10.9 Å². The molecular weight excluding hydrogens is 249 g/mol. The monoisotopic (exact) mass is 263 g/mol. The van der Waals surface area contributed by atoms with Crippen molar-refractivity contribution in [2.75, 3.05) is 19.7 Å². The van der Waals surface area contributed by atoms with E-state index in [9.17, 15) is 9.18 Å². The van der Waals surface area contributed by atoms with Crippen LogP contribution in [-0.2, 0) is 11.3 Å². The average molecular weight is 263 g/mol. The summed E-state index contributed by atoms with van der Waals surface area (Å²) in [5.74, 6) is -0.431. The smallest absolute Gasteiger partial charge is 0.261 e. The summed E-state index contributed by atoms with van der Waals surface area (Å²) in [7, 11) is 0. The fourth-order valence-electron chi connectivity index (χ4n) is 2.22. The molecule has 2 aromatic rings. The Balaban J connectivity index is 1.95. The number of rotatable bonds is 2. The van der Waals surface area contributed by atoms with Crippen molar-refractivity contribution in [3.8, 4) is 0 Å². The zero-order valence-corrected chi connectivity index (χ0v) is 10.3. The first-order valence-electron chi connectivity index (χ1n) is 6.21. The summed E-state index contributed by atoms with van der Waals surface area (Å²) in [5, 5.41) is 3.50. The van der Waals surface area contributed by atoms with Crippen molar-refractivity contribution in [2.45, 2.75) is 12.6 Å². The van der Waals surface area contributed by atoms with E-state index in [0.717, 1.165) is 6.54 Å². The van der Waals surface area contributed by atoms with Crippen LogP contribution < -0.4 is 10.9 Å². The Hall–Kier alpha value is -1.79. The van der Waals surface area contributed by atoms with Gasteiger partial charge in [0.25, 0.3) is 5.56 Å². The minimum atomic E-state index is -0.431. The molecule has 6 heteroatoms. The van der Waals surface area contributed by atoms with Gasteiger partial charge in [-0.15, -0.1) is 0 Å². The van der Waals surface area contributed by atoms with Crippen LogP contribution in [0.15, 0.2) is 29.3 Å². The molecule has 0 aliphatic carbocycles. The van der Waals surface area contributed by atoms with Crippen LogP contribution in [0.2, 0.25) is 0 Å². The van der Waals surface area contributed by atoms with Crippen LogP contribution in [0.5, 0.6) is 0 Å². The summed E-state index contributed by atoms with van der Waals surface area (Å²) < 4.78 is 20.2. The normalized spacial score (nSPS) is 19.7. The molecule has 0 bridgehead atoms. The van der Waals surface area contributed by atoms with Crippen molar-refractivity contribution < 1.29 is 9.13 Å². The van der Waals surface area contributed by atoms with Crippen molar-refractivity contribution in [3.05, 3.63) is 40.7 Å². The van der Waals surface area contributed by atoms with Gasteiger partial charge in [-0.2, -0.15) is 0 Å². The molecule has 1 aliphatic heterocycles. The second-order valence-corrected chi connectivity index (χ2v) is 4.56. The third-order valence-corrected chi connectivity index (χ3v) is 3.19. The standard InChI is InChI=1S/C13H14FN3O2/c14-9-1-2-12-11(5-9)13(18)17(8-16-12)7-10-6-15-3-4-19-10/h1-2,5,8,10,15H,3-4,6-7H2/t10-/m1/s1. The third-order valence-electron chi connectivity index (χ3n) is 3.19. The first kappa shape index (κ1) is 12.3. The Labute approximate surface area is 109 Å². The van der Waals surface area contributed by atoms with Gasteiger partial charge in [-0.3, -0.25) is 9.36 Å². The molecule has 100 valence electrons. The topological polar surface area (TPSA) is 56.2 Å². The number of halogens is 1. The summed E-state index contributed by atoms with van der Waals surface area (Å²) >= 11 is 0. The zero-order chi connectivity index (χ0) is 13.2. The predicted molar refractivity (Wildman–Crippen MR) is 68.6 cm³/mol. The third kappa shape index (κ3) is 2.50. The number of hydrogen-bond donors (Lipinski definition) is 1. The number of fused-ring (bicyclic) bond motifs is 1. The minimum Gasteiger partial charge on any atom is -0.374 e. The number of morpholine rings is 1. The highest BCUT2D eigenvalue weighted by atomic mass is 19.1. The summed E-state index contributed by atoms with van der Waals surface area (Å²) in [5.41, 5.74) is 0.268. The van der Waals surface area contributed by atoms with Crippen molar-refractivity contribution in [1.82, 2.24) is 14.9 Å². The lowest BCUT2D eigenvalue weighted by molar-refractivity contribution is 0.0175. The fraction of sp³-hybridized carbons (Fsp3) is 0.385. The molecule has 1 atom stereocenters. The molecule has 1 saturated heterocycles. The van der Waals surface area contributed by atoms with Gasteiger partial charge in [-0.1, -0.05) is 0 Å². The van der Waals surface area contributed by atoms with Crippen molar-refractivity contribution in [1.29, 1.82) is 0 Å². The van der Waals surface area contributed by atoms with E-state index in [1.54, 1.807) is 0 Å². The van der Waals surface area contributed by atoms with Crippen LogP contribution in [0, 0.1) is 5.82 Å². The van der Waals surface area contributed by atoms with Gasteiger partial charge in [0.1, 0.15) is 5.82 Å². The maximum Gasteiger partial charge on any atom is 0.261 e. The van der Waals surface area contributed by atoms with E-state index in [2.05, 4.69) is 10.3 Å². The Bertz CT molecular complexity index is 650. The first-order valence-corrected chi connectivity index (χ1v) is 6.21. The number of hydrogen-bond acceptors (Lipinski definition) is 4. The van der Waals surface area contributed by atoms with Crippen LogP contribution in [-0.4, -0.2) is 35.4 Å².